The summed E-state index contributed by atoms with van der Waals surface area (Å²) < 4.78 is 4.82. The van der Waals surface area contributed by atoms with Gasteiger partial charge in [-0.2, -0.15) is 0 Å². The maximum Gasteiger partial charge on any atom is 0.407 e. The zero-order valence-corrected chi connectivity index (χ0v) is 39.3. The normalized spacial score (nSPS) is 21.4. The Morgan fingerprint density at radius 1 is 0.735 bits per heavy atom. The number of piperidine rings is 1. The Morgan fingerprint density at radius 3 is 2.01 bits per heavy atom. The second-order valence-corrected chi connectivity index (χ2v) is 20.0. The number of amides is 4. The van der Waals surface area contributed by atoms with Crippen LogP contribution in [0.5, 0.6) is 0 Å². The summed E-state index contributed by atoms with van der Waals surface area (Å²) in [5.74, 6) is 1.97. The van der Waals surface area contributed by atoms with Crippen LogP contribution in [-0.2, 0) is 19.1 Å². The highest BCUT2D eigenvalue weighted by Crippen LogP contribution is 2.51. The number of fused-ring (bicyclic) bond motifs is 8. The van der Waals surface area contributed by atoms with E-state index in [2.05, 4.69) is 104 Å². The van der Waals surface area contributed by atoms with Crippen LogP contribution in [0.4, 0.5) is 4.79 Å². The number of hydrogen-bond acceptors (Lipinski definition) is 7. The van der Waals surface area contributed by atoms with Crippen LogP contribution in [0, 0.1) is 11.8 Å². The lowest BCUT2D eigenvalue weighted by Gasteiger charge is -2.37. The van der Waals surface area contributed by atoms with Crippen molar-refractivity contribution < 1.29 is 23.9 Å². The molecule has 2 bridgehead atoms. The van der Waals surface area contributed by atoms with Crippen LogP contribution in [0.3, 0.4) is 0 Å². The van der Waals surface area contributed by atoms with Crippen molar-refractivity contribution in [3.05, 3.63) is 108 Å². The van der Waals surface area contributed by atoms with Gasteiger partial charge in [0, 0.05) is 29.8 Å². The minimum absolute atomic E-state index is 0.0600. The zero-order chi connectivity index (χ0) is 46.8. The van der Waals surface area contributed by atoms with Gasteiger partial charge in [0.05, 0.1) is 41.3 Å². The first-order valence-electron chi connectivity index (χ1n) is 24.8. The van der Waals surface area contributed by atoms with Crippen molar-refractivity contribution >= 4 is 67.4 Å². The molecule has 4 fully saturated rings. The highest BCUT2D eigenvalue weighted by molar-refractivity contribution is 6.07. The van der Waals surface area contributed by atoms with Crippen LogP contribution in [0.2, 0.25) is 0 Å². The molecule has 4 amide bonds. The average Bonchev–Trinajstić information content (AvgIpc) is 4.24. The molecule has 68 heavy (non-hydrogen) atoms. The van der Waals surface area contributed by atoms with E-state index in [1.807, 2.05) is 31.7 Å². The largest absolute Gasteiger partial charge is 0.453 e. The molecule has 11 rings (SSSR count). The van der Waals surface area contributed by atoms with Gasteiger partial charge in [-0.3, -0.25) is 14.4 Å². The van der Waals surface area contributed by atoms with Gasteiger partial charge in [0.1, 0.15) is 23.7 Å². The first kappa shape index (κ1) is 43.8. The summed E-state index contributed by atoms with van der Waals surface area (Å²) in [6.45, 7) is 6.25. The van der Waals surface area contributed by atoms with Gasteiger partial charge in [-0.05, 0) is 120 Å². The molecule has 13 heteroatoms. The topological polar surface area (TPSA) is 165 Å². The number of H-pyrrole nitrogens is 2. The number of nitrogens with zero attached hydrogens (tertiary/aromatic N) is 4. The van der Waals surface area contributed by atoms with Crippen molar-refractivity contribution in [2.24, 2.45) is 11.8 Å². The summed E-state index contributed by atoms with van der Waals surface area (Å²) in [7, 11) is 1.30. The lowest BCUT2D eigenvalue weighted by atomic mass is 9.93. The fraction of sp³-hybridized carbons (Fsp3) is 0.418. The summed E-state index contributed by atoms with van der Waals surface area (Å²) in [5, 5.41) is 10.1. The first-order chi connectivity index (χ1) is 33.1. The van der Waals surface area contributed by atoms with Crippen LogP contribution < -0.4 is 10.6 Å². The van der Waals surface area contributed by atoms with Crippen LogP contribution >= 0.6 is 0 Å². The molecular formula is C55H60N8O5. The third kappa shape index (κ3) is 7.73. The number of aromatic nitrogens is 4. The van der Waals surface area contributed by atoms with E-state index < -0.39 is 18.2 Å². The van der Waals surface area contributed by atoms with Gasteiger partial charge in [0.2, 0.25) is 11.8 Å². The number of carbonyl (C=O) groups is 4. The van der Waals surface area contributed by atoms with Gasteiger partial charge in [0.25, 0.3) is 5.91 Å². The predicted molar refractivity (Wildman–Crippen MR) is 264 cm³/mol. The third-order valence-electron chi connectivity index (χ3n) is 15.6. The van der Waals surface area contributed by atoms with Gasteiger partial charge in [-0.25, -0.2) is 14.8 Å². The summed E-state index contributed by atoms with van der Waals surface area (Å²) in [6, 6.07) is 28.0. The molecular weight excluding hydrogens is 853 g/mol. The standard InChI is InChI=1S/C55H60N8O5/c1-5-45(64)58-47(33-14-12-32(13-15-33)31-9-6-7-10-31)54(66)63-39-21-16-38(29-39)50(63)52-57-43-25-20-37-28-35(18-23-41(37)49(43)60-52)34-17-22-40-36(27-34)19-24-42-48(40)59-51(56-42)44-11-8-26-62(44)53(65)46(30(2)3)61-55(67)68-4/h12-15,17-20,22-25,27-28,30-31,38-39,44,46-47,50H,5-11,16,21,26,29H2,1-4H3,(H,56,59)(H,57,60)(H,58,64)(H,61,67)/t38-,39+,44-,46-,47+,50-/m0/s1. The van der Waals surface area contributed by atoms with Crippen molar-refractivity contribution in [1.29, 1.82) is 0 Å². The second-order valence-electron chi connectivity index (χ2n) is 20.0. The molecule has 2 aromatic heterocycles. The number of nitrogens with one attached hydrogen (secondary N) is 4. The Labute approximate surface area is 395 Å². The summed E-state index contributed by atoms with van der Waals surface area (Å²) in [5.41, 5.74) is 7.91. The Hall–Kier alpha value is -6.76. The Balaban J connectivity index is 0.858. The number of likely N-dealkylation sites (tertiary alicyclic amines) is 2. The smallest absolute Gasteiger partial charge is 0.407 e. The lowest BCUT2D eigenvalue weighted by molar-refractivity contribution is -0.140. The van der Waals surface area contributed by atoms with Crippen molar-refractivity contribution in [3.63, 3.8) is 0 Å². The van der Waals surface area contributed by atoms with Gasteiger partial charge < -0.3 is 35.1 Å². The van der Waals surface area contributed by atoms with Crippen LogP contribution in [0.1, 0.15) is 132 Å². The Bertz CT molecular complexity index is 3100. The minimum Gasteiger partial charge on any atom is -0.453 e. The highest BCUT2D eigenvalue weighted by Gasteiger charge is 2.51. The van der Waals surface area contributed by atoms with Crippen molar-refractivity contribution in [1.82, 2.24) is 40.4 Å². The number of rotatable bonds is 11. The molecule has 5 aromatic carbocycles. The Morgan fingerprint density at radius 2 is 1.38 bits per heavy atom. The first-order valence-corrected chi connectivity index (χ1v) is 24.8. The fourth-order valence-electron chi connectivity index (χ4n) is 12.1. The quantitative estimate of drug-likeness (QED) is 0.100. The molecule has 2 saturated heterocycles. The number of imidazole rings is 2. The van der Waals surface area contributed by atoms with E-state index in [0.29, 0.717) is 18.9 Å². The number of carbonyl (C=O) groups excluding carboxylic acids is 4. The van der Waals surface area contributed by atoms with Crippen molar-refractivity contribution in [2.75, 3.05) is 13.7 Å². The number of alkyl carbamates (subject to hydrolysis) is 1. The summed E-state index contributed by atoms with van der Waals surface area (Å²) in [4.78, 5) is 75.1. The molecule has 0 radical (unpaired) electrons. The SMILES string of the molecule is CCC(=O)N[C@@H](C(=O)N1[C@@H]2CC[C@@H](C2)[C@H]1c1nc2ccc3cc(-c4ccc5c(ccc6nc([C@@H]7CCCN7C(=O)[C@@H](NC(=O)OC)C(C)C)[nH]c65)c4)ccc3c2[nH]1)c1ccc(C2CCCC2)cc1. The van der Waals surface area contributed by atoms with Gasteiger partial charge in [0.15, 0.2) is 0 Å². The second kappa shape index (κ2) is 17.7. The van der Waals surface area contributed by atoms with Gasteiger partial charge in [-0.1, -0.05) is 94.3 Å². The van der Waals surface area contributed by atoms with Crippen molar-refractivity contribution in [2.45, 2.75) is 121 Å². The molecule has 0 spiro atoms. The van der Waals surface area contributed by atoms with Crippen LogP contribution in [0.15, 0.2) is 84.9 Å². The van der Waals surface area contributed by atoms with E-state index in [9.17, 15) is 19.2 Å². The number of hydrogen-bond donors (Lipinski definition) is 4. The third-order valence-corrected chi connectivity index (χ3v) is 15.6. The number of methoxy groups -OCH3 is 1. The van der Waals surface area contributed by atoms with Gasteiger partial charge >= 0.3 is 6.09 Å². The molecule has 2 aliphatic carbocycles. The number of ether oxygens (including phenoxy) is 1. The molecule has 13 nitrogen and oxygen atoms in total. The van der Waals surface area contributed by atoms with E-state index >= 15 is 0 Å². The molecule has 4 N–H and O–H groups in total. The van der Waals surface area contributed by atoms with E-state index in [0.717, 1.165) is 104 Å². The summed E-state index contributed by atoms with van der Waals surface area (Å²) in [6.07, 6.45) is 9.17. The van der Waals surface area contributed by atoms with Gasteiger partial charge in [-0.15, -0.1) is 0 Å². The average molecular weight is 913 g/mol. The fourth-order valence-corrected chi connectivity index (χ4v) is 12.1. The minimum atomic E-state index is -0.759. The maximum absolute atomic E-state index is 14.9. The molecule has 7 aromatic rings. The Kier molecular flexibility index (Phi) is 11.4. The number of benzene rings is 5. The monoisotopic (exact) mass is 912 g/mol. The molecule has 4 aliphatic rings. The van der Waals surface area contributed by atoms with Crippen LogP contribution in [-0.4, -0.2) is 79.3 Å². The van der Waals surface area contributed by atoms with Crippen molar-refractivity contribution in [3.8, 4) is 11.1 Å². The highest BCUT2D eigenvalue weighted by atomic mass is 16.5. The molecule has 2 aliphatic heterocycles. The lowest BCUT2D eigenvalue weighted by Crippen LogP contribution is -2.51. The van der Waals surface area contributed by atoms with Crippen LogP contribution in [0.25, 0.3) is 54.7 Å². The summed E-state index contributed by atoms with van der Waals surface area (Å²) >= 11 is 0. The maximum atomic E-state index is 14.9. The molecule has 6 atom stereocenters. The van der Waals surface area contributed by atoms with E-state index in [-0.39, 0.29) is 47.7 Å². The van der Waals surface area contributed by atoms with E-state index in [4.69, 9.17) is 14.7 Å². The zero-order valence-electron chi connectivity index (χ0n) is 39.3. The number of aromatic amines is 2. The molecule has 350 valence electrons. The predicted octanol–water partition coefficient (Wildman–Crippen LogP) is 10.4. The van der Waals surface area contributed by atoms with E-state index in [1.165, 1.54) is 38.4 Å². The van der Waals surface area contributed by atoms with E-state index in [1.54, 1.807) is 0 Å². The molecule has 4 heterocycles. The molecule has 0 unspecified atom stereocenters. The molecule has 2 saturated carbocycles.